The van der Waals surface area contributed by atoms with Gasteiger partial charge in [0.25, 0.3) is 5.56 Å². The Morgan fingerprint density at radius 1 is 1.45 bits per heavy atom. The fourth-order valence-corrected chi connectivity index (χ4v) is 2.63. The van der Waals surface area contributed by atoms with E-state index in [2.05, 4.69) is 11.6 Å². The van der Waals surface area contributed by atoms with Crippen molar-refractivity contribution in [1.82, 2.24) is 4.98 Å². The second-order valence-corrected chi connectivity index (χ2v) is 5.51. The number of aryl methyl sites for hydroxylation is 1. The largest absolute Gasteiger partial charge is 0.456 e. The van der Waals surface area contributed by atoms with E-state index in [4.69, 9.17) is 4.74 Å². The van der Waals surface area contributed by atoms with Crippen molar-refractivity contribution < 1.29 is 4.74 Å². The van der Waals surface area contributed by atoms with Gasteiger partial charge in [-0.05, 0) is 53.6 Å². The van der Waals surface area contributed by atoms with Gasteiger partial charge < -0.3 is 9.72 Å². The lowest BCUT2D eigenvalue weighted by molar-refractivity contribution is 0.470. The van der Waals surface area contributed by atoms with E-state index < -0.39 is 0 Å². The zero-order valence-electron chi connectivity index (χ0n) is 11.5. The van der Waals surface area contributed by atoms with E-state index >= 15 is 0 Å². The molecule has 20 heavy (non-hydrogen) atoms. The van der Waals surface area contributed by atoms with E-state index in [9.17, 15) is 4.79 Å². The molecule has 0 bridgehead atoms. The van der Waals surface area contributed by atoms with Gasteiger partial charge in [0.05, 0.1) is 0 Å². The minimum atomic E-state index is -0.116. The summed E-state index contributed by atoms with van der Waals surface area (Å²) < 4.78 is 6.54. The zero-order valence-corrected chi connectivity index (χ0v) is 13.7. The summed E-state index contributed by atoms with van der Waals surface area (Å²) in [6.07, 6.45) is 2.57. The van der Waals surface area contributed by atoms with Gasteiger partial charge in [-0.15, -0.1) is 0 Å². The molecular formula is C16H16INO2. The maximum Gasteiger partial charge on any atom is 0.265 e. The molecular weight excluding hydrogens is 365 g/mol. The Labute approximate surface area is 131 Å². The van der Waals surface area contributed by atoms with Gasteiger partial charge in [-0.25, -0.2) is 0 Å². The Bertz CT molecular complexity index is 704. The number of nitrogens with one attached hydrogen (secondary N) is 1. The molecule has 0 aliphatic rings. The molecule has 0 aliphatic carbocycles. The number of aromatic nitrogens is 1. The monoisotopic (exact) mass is 381 g/mol. The molecule has 0 aliphatic heterocycles. The average Bonchev–Trinajstić information content (AvgIpc) is 2.45. The molecule has 0 fully saturated rings. The summed E-state index contributed by atoms with van der Waals surface area (Å²) in [6, 6.07) is 7.64. The maximum absolute atomic E-state index is 11.9. The van der Waals surface area contributed by atoms with Gasteiger partial charge in [0, 0.05) is 11.3 Å². The van der Waals surface area contributed by atoms with Crippen LogP contribution in [0.25, 0.3) is 6.08 Å². The van der Waals surface area contributed by atoms with Crippen molar-refractivity contribution in [2.75, 3.05) is 0 Å². The first kappa shape index (κ1) is 14.8. The summed E-state index contributed by atoms with van der Waals surface area (Å²) in [5.41, 5.74) is 2.75. The van der Waals surface area contributed by atoms with Crippen LogP contribution in [0.1, 0.15) is 23.7 Å². The summed E-state index contributed by atoms with van der Waals surface area (Å²) >= 11 is 2.03. The molecule has 2 rings (SSSR count). The molecule has 1 aromatic carbocycles. The summed E-state index contributed by atoms with van der Waals surface area (Å²) in [7, 11) is 0. The van der Waals surface area contributed by atoms with Crippen molar-refractivity contribution in [3.63, 3.8) is 0 Å². The van der Waals surface area contributed by atoms with Gasteiger partial charge in [0.1, 0.15) is 9.32 Å². The van der Waals surface area contributed by atoms with Crippen molar-refractivity contribution in [2.45, 2.75) is 20.3 Å². The molecule has 1 N–H and O–H groups in total. The van der Waals surface area contributed by atoms with Crippen LogP contribution in [0.2, 0.25) is 0 Å². The fraction of sp³-hybridized carbons (Fsp3) is 0.188. The molecule has 0 spiro atoms. The van der Waals surface area contributed by atoms with Crippen LogP contribution in [0.3, 0.4) is 0 Å². The number of rotatable bonds is 4. The number of H-pyrrole nitrogens is 1. The molecule has 0 unspecified atom stereocenters. The van der Waals surface area contributed by atoms with Gasteiger partial charge in [-0.3, -0.25) is 4.79 Å². The number of ether oxygens (including phenoxy) is 1. The highest BCUT2D eigenvalue weighted by Gasteiger charge is 2.15. The van der Waals surface area contributed by atoms with Crippen LogP contribution in [-0.2, 0) is 6.42 Å². The van der Waals surface area contributed by atoms with Crippen molar-refractivity contribution in [1.29, 1.82) is 0 Å². The van der Waals surface area contributed by atoms with Gasteiger partial charge in [-0.1, -0.05) is 31.7 Å². The van der Waals surface area contributed by atoms with Crippen LogP contribution in [0.4, 0.5) is 0 Å². The van der Waals surface area contributed by atoms with Crippen LogP contribution in [0, 0.1) is 10.5 Å². The quantitative estimate of drug-likeness (QED) is 0.804. The lowest BCUT2D eigenvalue weighted by atomic mass is 10.1. The number of aromatic amines is 1. The van der Waals surface area contributed by atoms with Crippen molar-refractivity contribution >= 4 is 28.7 Å². The van der Waals surface area contributed by atoms with Crippen LogP contribution >= 0.6 is 22.6 Å². The van der Waals surface area contributed by atoms with Crippen LogP contribution in [0.5, 0.6) is 11.5 Å². The predicted molar refractivity (Wildman–Crippen MR) is 90.5 cm³/mol. The lowest BCUT2D eigenvalue weighted by Gasteiger charge is -2.14. The standard InChI is InChI=1S/C16H16INO2/c1-4-11-7-6-8-12(9-11)20-15-13(5-2)10(3)18-16(19)14(15)17/h4,6-9H,1,5H2,2-3H3,(H,18,19). The smallest absolute Gasteiger partial charge is 0.265 e. The van der Waals surface area contributed by atoms with Gasteiger partial charge in [0.15, 0.2) is 5.75 Å². The van der Waals surface area contributed by atoms with Crippen LogP contribution in [-0.4, -0.2) is 4.98 Å². The van der Waals surface area contributed by atoms with E-state index in [-0.39, 0.29) is 5.56 Å². The fourth-order valence-electron chi connectivity index (χ4n) is 2.06. The first-order valence-electron chi connectivity index (χ1n) is 6.38. The van der Waals surface area contributed by atoms with Crippen LogP contribution < -0.4 is 10.3 Å². The maximum atomic E-state index is 11.9. The molecule has 0 atom stereocenters. The Morgan fingerprint density at radius 2 is 2.20 bits per heavy atom. The molecule has 0 saturated carbocycles. The summed E-state index contributed by atoms with van der Waals surface area (Å²) in [5.74, 6) is 1.36. The SMILES string of the molecule is C=Cc1cccc(Oc2c(CC)c(C)[nH]c(=O)c2I)c1. The normalized spacial score (nSPS) is 10.3. The van der Waals surface area contributed by atoms with E-state index in [0.29, 0.717) is 15.1 Å². The highest BCUT2D eigenvalue weighted by Crippen LogP contribution is 2.30. The Kier molecular flexibility index (Phi) is 4.65. The van der Waals surface area contributed by atoms with E-state index in [1.54, 1.807) is 6.08 Å². The van der Waals surface area contributed by atoms with Crippen molar-refractivity contribution in [3.8, 4) is 11.5 Å². The van der Waals surface area contributed by atoms with Gasteiger partial charge >= 0.3 is 0 Å². The molecule has 0 saturated heterocycles. The molecule has 3 nitrogen and oxygen atoms in total. The number of pyridine rings is 1. The second kappa shape index (κ2) is 6.26. The summed E-state index contributed by atoms with van der Waals surface area (Å²) in [4.78, 5) is 14.7. The predicted octanol–water partition coefficient (Wildman–Crippen LogP) is 4.29. The van der Waals surface area contributed by atoms with Gasteiger partial charge in [0.2, 0.25) is 0 Å². The molecule has 104 valence electrons. The van der Waals surface area contributed by atoms with Gasteiger partial charge in [-0.2, -0.15) is 0 Å². The minimum absolute atomic E-state index is 0.116. The van der Waals surface area contributed by atoms with E-state index in [0.717, 1.165) is 23.2 Å². The zero-order chi connectivity index (χ0) is 14.7. The van der Waals surface area contributed by atoms with Crippen molar-refractivity contribution in [3.05, 3.63) is 61.6 Å². The first-order valence-corrected chi connectivity index (χ1v) is 7.46. The number of hydrogen-bond acceptors (Lipinski definition) is 2. The molecule has 1 aromatic heterocycles. The third kappa shape index (κ3) is 2.95. The highest BCUT2D eigenvalue weighted by molar-refractivity contribution is 14.1. The van der Waals surface area contributed by atoms with E-state index in [1.165, 1.54) is 0 Å². The third-order valence-corrected chi connectivity index (χ3v) is 4.07. The average molecular weight is 381 g/mol. The summed E-state index contributed by atoms with van der Waals surface area (Å²) in [5, 5.41) is 0. The molecule has 2 aromatic rings. The second-order valence-electron chi connectivity index (χ2n) is 4.43. The molecule has 0 radical (unpaired) electrons. The van der Waals surface area contributed by atoms with Crippen LogP contribution in [0.15, 0.2) is 35.6 Å². The third-order valence-electron chi connectivity index (χ3n) is 3.09. The Morgan fingerprint density at radius 3 is 2.85 bits per heavy atom. The number of benzene rings is 1. The number of halogens is 1. The highest BCUT2D eigenvalue weighted by atomic mass is 127. The van der Waals surface area contributed by atoms with Crippen molar-refractivity contribution in [2.24, 2.45) is 0 Å². The molecule has 1 heterocycles. The minimum Gasteiger partial charge on any atom is -0.456 e. The lowest BCUT2D eigenvalue weighted by Crippen LogP contribution is -2.15. The van der Waals surface area contributed by atoms with E-state index in [1.807, 2.05) is 60.7 Å². The molecule has 0 amide bonds. The molecule has 4 heteroatoms. The Balaban J connectivity index is 2.52. The first-order chi connectivity index (χ1) is 9.56. The summed E-state index contributed by atoms with van der Waals surface area (Å²) in [6.45, 7) is 7.68. The Hall–Kier alpha value is -1.56. The topological polar surface area (TPSA) is 42.1 Å². The number of hydrogen-bond donors (Lipinski definition) is 1.